The predicted molar refractivity (Wildman–Crippen MR) is 78.9 cm³/mol. The molecular weight excluding hydrogens is 264 g/mol. The molecule has 2 aromatic rings. The number of aromatic nitrogens is 2. The summed E-state index contributed by atoms with van der Waals surface area (Å²) in [5.41, 5.74) is 7.37. The Hall–Kier alpha value is -1.53. The predicted octanol–water partition coefficient (Wildman–Crippen LogP) is 2.74. The summed E-state index contributed by atoms with van der Waals surface area (Å²) in [6.45, 7) is 2.11. The third-order valence-corrected chi connectivity index (χ3v) is 3.68. The van der Waals surface area contributed by atoms with Crippen molar-refractivity contribution in [2.24, 2.45) is 5.73 Å². The second-order valence-electron chi connectivity index (χ2n) is 3.76. The third kappa shape index (κ3) is 2.83. The quantitative estimate of drug-likeness (QED) is 0.823. The zero-order chi connectivity index (χ0) is 13.0. The average molecular weight is 278 g/mol. The second kappa shape index (κ2) is 5.88. The molecule has 0 bridgehead atoms. The second-order valence-corrected chi connectivity index (χ2v) is 5.13. The lowest BCUT2D eigenvalue weighted by Gasteiger charge is -2.17. The van der Waals surface area contributed by atoms with Crippen molar-refractivity contribution >= 4 is 34.2 Å². The highest BCUT2D eigenvalue weighted by atomic mass is 32.1. The molecule has 3 N–H and O–H groups in total. The van der Waals surface area contributed by atoms with Crippen LogP contribution in [-0.2, 0) is 0 Å². The van der Waals surface area contributed by atoms with Crippen LogP contribution in [0.4, 0.5) is 5.69 Å². The molecule has 2 rings (SSSR count). The van der Waals surface area contributed by atoms with E-state index in [0.29, 0.717) is 4.99 Å². The fourth-order valence-electron chi connectivity index (χ4n) is 1.66. The number of anilines is 1. The van der Waals surface area contributed by atoms with E-state index in [4.69, 9.17) is 18.0 Å². The Morgan fingerprint density at radius 2 is 2.39 bits per heavy atom. The minimum Gasteiger partial charge on any atom is -0.389 e. The van der Waals surface area contributed by atoms with E-state index in [0.717, 1.165) is 22.7 Å². The molecule has 94 valence electrons. The molecule has 0 spiro atoms. The maximum atomic E-state index is 5.70. The number of pyridine rings is 1. The van der Waals surface area contributed by atoms with Crippen molar-refractivity contribution in [3.05, 3.63) is 40.6 Å². The monoisotopic (exact) mass is 278 g/mol. The lowest BCUT2D eigenvalue weighted by molar-refractivity contribution is 0.741. The van der Waals surface area contributed by atoms with Gasteiger partial charge in [-0.2, -0.15) is 0 Å². The van der Waals surface area contributed by atoms with E-state index in [1.165, 1.54) is 0 Å². The minimum atomic E-state index is 0.155. The number of hydrogen-bond acceptors (Lipinski definition) is 5. The minimum absolute atomic E-state index is 0.155. The van der Waals surface area contributed by atoms with E-state index >= 15 is 0 Å². The van der Waals surface area contributed by atoms with Gasteiger partial charge in [-0.25, -0.2) is 4.98 Å². The van der Waals surface area contributed by atoms with Crippen molar-refractivity contribution in [2.75, 3.05) is 5.32 Å². The summed E-state index contributed by atoms with van der Waals surface area (Å²) >= 11 is 6.67. The van der Waals surface area contributed by atoms with Gasteiger partial charge in [-0.1, -0.05) is 19.1 Å². The van der Waals surface area contributed by atoms with Crippen LogP contribution < -0.4 is 11.1 Å². The molecule has 2 heterocycles. The van der Waals surface area contributed by atoms with E-state index in [-0.39, 0.29) is 6.04 Å². The highest BCUT2D eigenvalue weighted by Gasteiger charge is 2.14. The first-order valence-electron chi connectivity index (χ1n) is 5.62. The van der Waals surface area contributed by atoms with E-state index < -0.39 is 0 Å². The summed E-state index contributed by atoms with van der Waals surface area (Å²) in [5, 5.41) is 6.42. The first-order valence-corrected chi connectivity index (χ1v) is 6.91. The van der Waals surface area contributed by atoms with Crippen LogP contribution in [0.1, 0.15) is 30.0 Å². The standard InChI is InChI=1S/C12H14N4S2/c1-2-9(12-15-5-6-18-12)16-10-7-14-4-3-8(10)11(13)17/h3-7,9,16H,2H2,1H3,(H2,13,17). The maximum absolute atomic E-state index is 5.70. The van der Waals surface area contributed by atoms with Gasteiger partial charge in [0.2, 0.25) is 0 Å². The molecule has 18 heavy (non-hydrogen) atoms. The smallest absolute Gasteiger partial charge is 0.115 e. The maximum Gasteiger partial charge on any atom is 0.115 e. The van der Waals surface area contributed by atoms with E-state index in [9.17, 15) is 0 Å². The Labute approximate surface area is 115 Å². The Bertz CT molecular complexity index is 525. The molecule has 1 atom stereocenters. The van der Waals surface area contributed by atoms with Crippen LogP contribution >= 0.6 is 23.6 Å². The van der Waals surface area contributed by atoms with E-state index in [2.05, 4.69) is 22.2 Å². The number of thiocarbonyl (C=S) groups is 1. The number of rotatable bonds is 5. The Kier molecular flexibility index (Phi) is 4.22. The van der Waals surface area contributed by atoms with Crippen molar-refractivity contribution in [1.82, 2.24) is 9.97 Å². The van der Waals surface area contributed by atoms with Gasteiger partial charge in [0.05, 0.1) is 17.9 Å². The van der Waals surface area contributed by atoms with Gasteiger partial charge in [-0.3, -0.25) is 4.98 Å². The molecule has 0 aliphatic rings. The molecular formula is C12H14N4S2. The molecule has 0 saturated heterocycles. The Balaban J connectivity index is 2.25. The van der Waals surface area contributed by atoms with Gasteiger partial charge >= 0.3 is 0 Å². The molecule has 0 fully saturated rings. The van der Waals surface area contributed by atoms with Gasteiger partial charge < -0.3 is 11.1 Å². The van der Waals surface area contributed by atoms with Crippen LogP contribution in [0.2, 0.25) is 0 Å². The molecule has 0 amide bonds. The third-order valence-electron chi connectivity index (χ3n) is 2.57. The normalized spacial score (nSPS) is 12.1. The van der Waals surface area contributed by atoms with E-state index in [1.807, 2.05) is 17.6 Å². The Morgan fingerprint density at radius 1 is 1.56 bits per heavy atom. The van der Waals surface area contributed by atoms with Crippen molar-refractivity contribution in [2.45, 2.75) is 19.4 Å². The van der Waals surface area contributed by atoms with Gasteiger partial charge in [0.1, 0.15) is 10.00 Å². The largest absolute Gasteiger partial charge is 0.389 e. The van der Waals surface area contributed by atoms with Crippen molar-refractivity contribution in [3.8, 4) is 0 Å². The van der Waals surface area contributed by atoms with Crippen LogP contribution in [0.25, 0.3) is 0 Å². The summed E-state index contributed by atoms with van der Waals surface area (Å²) < 4.78 is 0. The molecule has 4 nitrogen and oxygen atoms in total. The van der Waals surface area contributed by atoms with Gasteiger partial charge in [0, 0.05) is 23.3 Å². The first kappa shape index (κ1) is 12.9. The average Bonchev–Trinajstić information content (AvgIpc) is 2.90. The highest BCUT2D eigenvalue weighted by molar-refractivity contribution is 7.80. The van der Waals surface area contributed by atoms with Crippen molar-refractivity contribution in [3.63, 3.8) is 0 Å². The zero-order valence-corrected chi connectivity index (χ0v) is 11.6. The number of nitrogens with two attached hydrogens (primary N) is 1. The first-order chi connectivity index (χ1) is 8.72. The molecule has 6 heteroatoms. The van der Waals surface area contributed by atoms with Gasteiger partial charge in [-0.15, -0.1) is 11.3 Å². The topological polar surface area (TPSA) is 63.8 Å². The van der Waals surface area contributed by atoms with Gasteiger partial charge in [0.25, 0.3) is 0 Å². The van der Waals surface area contributed by atoms with Crippen LogP contribution in [0.15, 0.2) is 30.0 Å². The number of nitrogens with one attached hydrogen (secondary N) is 1. The fourth-order valence-corrected chi connectivity index (χ4v) is 2.61. The summed E-state index contributed by atoms with van der Waals surface area (Å²) in [6, 6.07) is 1.97. The molecule has 0 saturated carbocycles. The summed E-state index contributed by atoms with van der Waals surface area (Å²) in [6.07, 6.45) is 6.16. The van der Waals surface area contributed by atoms with Gasteiger partial charge in [0.15, 0.2) is 0 Å². The van der Waals surface area contributed by atoms with Crippen LogP contribution in [0.3, 0.4) is 0 Å². The van der Waals surface area contributed by atoms with Crippen LogP contribution in [0.5, 0.6) is 0 Å². The highest BCUT2D eigenvalue weighted by Crippen LogP contribution is 2.25. The molecule has 1 unspecified atom stereocenters. The molecule has 0 radical (unpaired) electrons. The molecule has 0 aliphatic heterocycles. The summed E-state index contributed by atoms with van der Waals surface area (Å²) in [7, 11) is 0. The number of nitrogens with zero attached hydrogens (tertiary/aromatic N) is 2. The summed E-state index contributed by atoms with van der Waals surface area (Å²) in [5.74, 6) is 0. The fraction of sp³-hybridized carbons (Fsp3) is 0.250. The zero-order valence-electron chi connectivity index (χ0n) is 9.96. The summed E-state index contributed by atoms with van der Waals surface area (Å²) in [4.78, 5) is 8.80. The van der Waals surface area contributed by atoms with Crippen LogP contribution in [0, 0.1) is 0 Å². The molecule has 0 aromatic carbocycles. The molecule has 2 aromatic heterocycles. The van der Waals surface area contributed by atoms with Gasteiger partial charge in [-0.05, 0) is 12.5 Å². The van der Waals surface area contributed by atoms with Crippen LogP contribution in [-0.4, -0.2) is 15.0 Å². The number of hydrogen-bond donors (Lipinski definition) is 2. The Morgan fingerprint density at radius 3 is 3.00 bits per heavy atom. The van der Waals surface area contributed by atoms with Crippen molar-refractivity contribution in [1.29, 1.82) is 0 Å². The molecule has 0 aliphatic carbocycles. The van der Waals surface area contributed by atoms with Crippen molar-refractivity contribution < 1.29 is 0 Å². The van der Waals surface area contributed by atoms with E-state index in [1.54, 1.807) is 23.7 Å². The number of thiazole rings is 1. The lowest BCUT2D eigenvalue weighted by atomic mass is 10.2. The lowest BCUT2D eigenvalue weighted by Crippen LogP contribution is -2.16. The SMILES string of the molecule is CCC(Nc1cnccc1C(N)=S)c1nccs1.